The number of carbonyl (C=O) groups is 1. The molecule has 1 amide bonds. The molecule has 0 aliphatic rings. The van der Waals surface area contributed by atoms with E-state index in [4.69, 9.17) is 0 Å². The lowest BCUT2D eigenvalue weighted by Gasteiger charge is -2.07. The largest absolute Gasteiger partial charge is 0.356 e. The van der Waals surface area contributed by atoms with Crippen molar-refractivity contribution in [2.75, 3.05) is 6.54 Å². The Morgan fingerprint density at radius 1 is 1.14 bits per heavy atom. The van der Waals surface area contributed by atoms with E-state index in [2.05, 4.69) is 16.4 Å². The number of unbranched alkanes of at least 4 members (excludes halogenated alkanes) is 1. The predicted molar refractivity (Wildman–Crippen MR) is 85.1 cm³/mol. The van der Waals surface area contributed by atoms with E-state index < -0.39 is 0 Å². The molecule has 110 valence electrons. The van der Waals surface area contributed by atoms with Crippen LogP contribution in [0, 0.1) is 6.92 Å². The third-order valence-electron chi connectivity index (χ3n) is 3.55. The minimum Gasteiger partial charge on any atom is -0.356 e. The number of hydrogen-bond donors (Lipinski definition) is 1. The van der Waals surface area contributed by atoms with Gasteiger partial charge in [0.1, 0.15) is 0 Å². The number of hydrogen-bond acceptors (Lipinski definition) is 2. The Kier molecular flexibility index (Phi) is 5.95. The van der Waals surface area contributed by atoms with Crippen molar-refractivity contribution in [3.63, 3.8) is 0 Å². The highest BCUT2D eigenvalue weighted by atomic mass is 16.1. The molecule has 0 aliphatic carbocycles. The van der Waals surface area contributed by atoms with E-state index in [-0.39, 0.29) is 5.91 Å². The fraction of sp³-hybridized carbons (Fsp3) is 0.333. The molecule has 1 N–H and O–H groups in total. The summed E-state index contributed by atoms with van der Waals surface area (Å²) >= 11 is 0. The molecule has 1 aromatic carbocycles. The van der Waals surface area contributed by atoms with Crippen LogP contribution in [0.3, 0.4) is 0 Å². The summed E-state index contributed by atoms with van der Waals surface area (Å²) in [6, 6.07) is 12.1. The molecular weight excluding hydrogens is 260 g/mol. The van der Waals surface area contributed by atoms with Crippen LogP contribution in [-0.4, -0.2) is 17.4 Å². The van der Waals surface area contributed by atoms with Gasteiger partial charge in [-0.25, -0.2) is 0 Å². The average Bonchev–Trinajstić information content (AvgIpc) is 2.50. The van der Waals surface area contributed by atoms with Crippen molar-refractivity contribution >= 4 is 5.91 Å². The van der Waals surface area contributed by atoms with Crippen molar-refractivity contribution < 1.29 is 4.79 Å². The van der Waals surface area contributed by atoms with Crippen molar-refractivity contribution in [2.24, 2.45) is 0 Å². The Bertz CT molecular complexity index is 566. The molecule has 0 fully saturated rings. The van der Waals surface area contributed by atoms with Crippen LogP contribution in [0.4, 0.5) is 0 Å². The minimum absolute atomic E-state index is 0.102. The third-order valence-corrected chi connectivity index (χ3v) is 3.55. The lowest BCUT2D eigenvalue weighted by molar-refractivity contribution is -0.120. The van der Waals surface area contributed by atoms with E-state index in [1.807, 2.05) is 43.5 Å². The molecule has 0 bridgehead atoms. The lowest BCUT2D eigenvalue weighted by atomic mass is 10.1. The van der Waals surface area contributed by atoms with E-state index in [1.54, 1.807) is 6.20 Å². The first-order chi connectivity index (χ1) is 10.3. The summed E-state index contributed by atoms with van der Waals surface area (Å²) in [7, 11) is 0. The van der Waals surface area contributed by atoms with Crippen LogP contribution in [0.15, 0.2) is 48.8 Å². The summed E-state index contributed by atoms with van der Waals surface area (Å²) < 4.78 is 0. The standard InChI is InChI=1S/C18H22N2O/c1-15-7-2-3-10-17(15)13-18(21)20-12-5-4-8-16-9-6-11-19-14-16/h2-3,6-7,9-11,14H,4-5,8,12-13H2,1H3,(H,20,21). The highest BCUT2D eigenvalue weighted by molar-refractivity contribution is 5.78. The van der Waals surface area contributed by atoms with E-state index in [1.165, 1.54) is 11.1 Å². The zero-order valence-electron chi connectivity index (χ0n) is 12.5. The Morgan fingerprint density at radius 2 is 2.00 bits per heavy atom. The van der Waals surface area contributed by atoms with E-state index in [0.29, 0.717) is 6.42 Å². The van der Waals surface area contributed by atoms with E-state index >= 15 is 0 Å². The van der Waals surface area contributed by atoms with Gasteiger partial charge in [0, 0.05) is 18.9 Å². The van der Waals surface area contributed by atoms with Crippen LogP contribution in [0.2, 0.25) is 0 Å². The Balaban J connectivity index is 1.63. The fourth-order valence-corrected chi connectivity index (χ4v) is 2.27. The molecule has 0 spiro atoms. The van der Waals surface area contributed by atoms with Crippen molar-refractivity contribution in [3.05, 3.63) is 65.5 Å². The van der Waals surface area contributed by atoms with Crippen molar-refractivity contribution in [2.45, 2.75) is 32.6 Å². The van der Waals surface area contributed by atoms with E-state index in [9.17, 15) is 4.79 Å². The van der Waals surface area contributed by atoms with Gasteiger partial charge in [-0.05, 0) is 48.9 Å². The number of benzene rings is 1. The van der Waals surface area contributed by atoms with Crippen LogP contribution in [0.25, 0.3) is 0 Å². The van der Waals surface area contributed by atoms with Crippen LogP contribution in [0.5, 0.6) is 0 Å². The number of rotatable bonds is 7. The summed E-state index contributed by atoms with van der Waals surface area (Å²) in [6.07, 6.45) is 7.23. The first kappa shape index (κ1) is 15.2. The molecule has 2 aromatic rings. The van der Waals surface area contributed by atoms with Gasteiger partial charge in [-0.3, -0.25) is 9.78 Å². The van der Waals surface area contributed by atoms with Crippen molar-refractivity contribution in [1.29, 1.82) is 0 Å². The Labute approximate surface area is 126 Å². The summed E-state index contributed by atoms with van der Waals surface area (Å²) in [5, 5.41) is 2.99. The minimum atomic E-state index is 0.102. The van der Waals surface area contributed by atoms with Crippen LogP contribution in [0.1, 0.15) is 29.5 Å². The number of pyridine rings is 1. The van der Waals surface area contributed by atoms with Gasteiger partial charge in [0.2, 0.25) is 5.91 Å². The van der Waals surface area contributed by atoms with Gasteiger partial charge < -0.3 is 5.32 Å². The molecule has 1 aromatic heterocycles. The van der Waals surface area contributed by atoms with Crippen molar-refractivity contribution in [3.8, 4) is 0 Å². The van der Waals surface area contributed by atoms with Crippen LogP contribution >= 0.6 is 0 Å². The molecule has 0 unspecified atom stereocenters. The molecule has 0 saturated carbocycles. The smallest absolute Gasteiger partial charge is 0.224 e. The van der Waals surface area contributed by atoms with Gasteiger partial charge in [0.05, 0.1) is 6.42 Å². The molecule has 3 nitrogen and oxygen atoms in total. The topological polar surface area (TPSA) is 42.0 Å². The summed E-state index contributed by atoms with van der Waals surface area (Å²) in [6.45, 7) is 2.78. The third kappa shape index (κ3) is 5.38. The van der Waals surface area contributed by atoms with Gasteiger partial charge >= 0.3 is 0 Å². The van der Waals surface area contributed by atoms with Crippen molar-refractivity contribution in [1.82, 2.24) is 10.3 Å². The Morgan fingerprint density at radius 3 is 2.76 bits per heavy atom. The summed E-state index contributed by atoms with van der Waals surface area (Å²) in [5.41, 5.74) is 3.53. The first-order valence-corrected chi connectivity index (χ1v) is 7.46. The summed E-state index contributed by atoms with van der Waals surface area (Å²) in [5.74, 6) is 0.102. The maximum atomic E-state index is 11.9. The molecule has 21 heavy (non-hydrogen) atoms. The summed E-state index contributed by atoms with van der Waals surface area (Å²) in [4.78, 5) is 16.0. The second-order valence-electron chi connectivity index (χ2n) is 5.27. The van der Waals surface area contributed by atoms with Crippen LogP contribution < -0.4 is 5.32 Å². The zero-order chi connectivity index (χ0) is 14.9. The highest BCUT2D eigenvalue weighted by Crippen LogP contribution is 2.07. The highest BCUT2D eigenvalue weighted by Gasteiger charge is 2.04. The maximum absolute atomic E-state index is 11.9. The molecule has 0 saturated heterocycles. The second-order valence-corrected chi connectivity index (χ2v) is 5.27. The molecule has 0 radical (unpaired) electrons. The van der Waals surface area contributed by atoms with Crippen LogP contribution in [-0.2, 0) is 17.6 Å². The van der Waals surface area contributed by atoms with Gasteiger partial charge in [-0.2, -0.15) is 0 Å². The van der Waals surface area contributed by atoms with Gasteiger partial charge in [0.25, 0.3) is 0 Å². The molecule has 2 rings (SSSR count). The SMILES string of the molecule is Cc1ccccc1CC(=O)NCCCCc1cccnc1. The number of nitrogens with zero attached hydrogens (tertiary/aromatic N) is 1. The number of amides is 1. The fourth-order valence-electron chi connectivity index (χ4n) is 2.27. The number of carbonyl (C=O) groups excluding carboxylic acids is 1. The molecule has 0 aliphatic heterocycles. The second kappa shape index (κ2) is 8.20. The quantitative estimate of drug-likeness (QED) is 0.793. The number of aryl methyl sites for hydroxylation is 2. The monoisotopic (exact) mass is 282 g/mol. The zero-order valence-corrected chi connectivity index (χ0v) is 12.5. The first-order valence-electron chi connectivity index (χ1n) is 7.46. The maximum Gasteiger partial charge on any atom is 0.224 e. The molecular formula is C18H22N2O. The number of nitrogens with one attached hydrogen (secondary N) is 1. The normalized spacial score (nSPS) is 10.3. The Hall–Kier alpha value is -2.16. The predicted octanol–water partition coefficient (Wildman–Crippen LogP) is 3.07. The lowest BCUT2D eigenvalue weighted by Crippen LogP contribution is -2.26. The van der Waals surface area contributed by atoms with Gasteiger partial charge in [-0.1, -0.05) is 30.3 Å². The van der Waals surface area contributed by atoms with Gasteiger partial charge in [0.15, 0.2) is 0 Å². The number of aromatic nitrogens is 1. The molecule has 0 atom stereocenters. The molecule has 1 heterocycles. The van der Waals surface area contributed by atoms with E-state index in [0.717, 1.165) is 31.4 Å². The molecule has 3 heteroatoms. The average molecular weight is 282 g/mol. The van der Waals surface area contributed by atoms with Gasteiger partial charge in [-0.15, -0.1) is 0 Å².